The van der Waals surface area contributed by atoms with Gasteiger partial charge in [0.1, 0.15) is 0 Å². The van der Waals surface area contributed by atoms with Crippen molar-refractivity contribution in [1.82, 2.24) is 10.2 Å². The topological polar surface area (TPSA) is 15.3 Å². The lowest BCUT2D eigenvalue weighted by molar-refractivity contribution is 0.157. The molecule has 1 saturated carbocycles. The highest BCUT2D eigenvalue weighted by Gasteiger charge is 2.26. The van der Waals surface area contributed by atoms with E-state index >= 15 is 0 Å². The first-order valence-corrected chi connectivity index (χ1v) is 8.47. The van der Waals surface area contributed by atoms with Crippen molar-refractivity contribution in [2.75, 3.05) is 19.8 Å². The second-order valence-corrected chi connectivity index (χ2v) is 7.07. The Balaban J connectivity index is 1.71. The summed E-state index contributed by atoms with van der Waals surface area (Å²) in [6.45, 7) is 3.62. The van der Waals surface area contributed by atoms with Crippen molar-refractivity contribution < 1.29 is 0 Å². The van der Waals surface area contributed by atoms with E-state index in [9.17, 15) is 0 Å². The number of likely N-dealkylation sites (tertiary alicyclic amines) is 1. The van der Waals surface area contributed by atoms with Crippen molar-refractivity contribution >= 4 is 11.8 Å². The number of nitrogens with zero attached hydrogens (tertiary/aromatic N) is 1. The van der Waals surface area contributed by atoms with Crippen LogP contribution in [0.15, 0.2) is 0 Å². The van der Waals surface area contributed by atoms with Gasteiger partial charge in [-0.25, -0.2) is 0 Å². The highest BCUT2D eigenvalue weighted by atomic mass is 32.2. The molecule has 2 nitrogen and oxygen atoms in total. The number of piperidine rings is 1. The van der Waals surface area contributed by atoms with Gasteiger partial charge < -0.3 is 10.2 Å². The molecule has 0 amide bonds. The molecule has 0 radical (unpaired) electrons. The van der Waals surface area contributed by atoms with Crippen molar-refractivity contribution in [2.24, 2.45) is 0 Å². The van der Waals surface area contributed by atoms with Crippen LogP contribution in [0.25, 0.3) is 0 Å². The Kier molecular flexibility index (Phi) is 5.19. The third-order valence-electron chi connectivity index (χ3n) is 4.69. The van der Waals surface area contributed by atoms with E-state index < -0.39 is 0 Å². The zero-order valence-corrected chi connectivity index (χ0v) is 12.4. The Morgan fingerprint density at radius 1 is 1.06 bits per heavy atom. The largest absolute Gasteiger partial charge is 0.311 e. The summed E-state index contributed by atoms with van der Waals surface area (Å²) in [5.41, 5.74) is 0. The molecule has 0 aromatic heterocycles. The fourth-order valence-corrected chi connectivity index (χ4v) is 3.98. The normalized spacial score (nSPS) is 40.4. The maximum Gasteiger partial charge on any atom is 0.00966 e. The van der Waals surface area contributed by atoms with Gasteiger partial charge >= 0.3 is 0 Å². The van der Waals surface area contributed by atoms with Crippen LogP contribution < -0.4 is 5.32 Å². The summed E-state index contributed by atoms with van der Waals surface area (Å²) >= 11 is 2.06. The molecule has 0 spiro atoms. The molecule has 0 aromatic rings. The summed E-state index contributed by atoms with van der Waals surface area (Å²) in [4.78, 5) is 2.49. The van der Waals surface area contributed by atoms with Gasteiger partial charge in [0.25, 0.3) is 0 Å². The third kappa shape index (κ3) is 3.87. The third-order valence-corrected chi connectivity index (χ3v) is 5.83. The number of hydrogen-bond acceptors (Lipinski definition) is 3. The van der Waals surface area contributed by atoms with Crippen LogP contribution in [0, 0.1) is 0 Å². The Morgan fingerprint density at radius 2 is 1.76 bits per heavy atom. The van der Waals surface area contributed by atoms with Gasteiger partial charge in [0.15, 0.2) is 0 Å². The summed E-state index contributed by atoms with van der Waals surface area (Å²) in [5, 5.41) is 4.85. The van der Waals surface area contributed by atoms with Crippen LogP contribution in [0.5, 0.6) is 0 Å². The molecule has 17 heavy (non-hydrogen) atoms. The van der Waals surface area contributed by atoms with Crippen LogP contribution in [-0.4, -0.2) is 48.1 Å². The predicted octanol–water partition coefficient (Wildman–Crippen LogP) is 2.73. The quantitative estimate of drug-likeness (QED) is 0.836. The van der Waals surface area contributed by atoms with Crippen LogP contribution in [0.4, 0.5) is 0 Å². The molecule has 2 aliphatic rings. The van der Waals surface area contributed by atoms with Crippen molar-refractivity contribution in [1.29, 1.82) is 0 Å². The van der Waals surface area contributed by atoms with Crippen LogP contribution >= 0.6 is 11.8 Å². The molecule has 1 aliphatic heterocycles. The molecule has 1 N–H and O–H groups in total. The first kappa shape index (κ1) is 13.7. The van der Waals surface area contributed by atoms with Gasteiger partial charge in [0.05, 0.1) is 0 Å². The van der Waals surface area contributed by atoms with Gasteiger partial charge in [-0.3, -0.25) is 0 Å². The average Bonchev–Trinajstić information content (AvgIpc) is 2.35. The molecular formula is C14H28N2S. The molecule has 1 aliphatic carbocycles. The fourth-order valence-electron chi connectivity index (χ4n) is 3.24. The maximum atomic E-state index is 3.92. The Labute approximate surface area is 111 Å². The van der Waals surface area contributed by atoms with Gasteiger partial charge in [0.2, 0.25) is 0 Å². The van der Waals surface area contributed by atoms with Crippen LogP contribution in [0.3, 0.4) is 0 Å². The zero-order chi connectivity index (χ0) is 12.3. The summed E-state index contributed by atoms with van der Waals surface area (Å²) < 4.78 is 0. The van der Waals surface area contributed by atoms with Crippen molar-refractivity contribution in [3.8, 4) is 0 Å². The highest BCUT2D eigenvalue weighted by molar-refractivity contribution is 7.99. The summed E-state index contributed by atoms with van der Waals surface area (Å²) in [6.07, 6.45) is 10.6. The SMILES string of the molecule is CSC1CCC(NC2CCN(C)C(C)C2)CC1. The summed E-state index contributed by atoms with van der Waals surface area (Å²) in [7, 11) is 2.25. The Morgan fingerprint density at radius 3 is 2.35 bits per heavy atom. The van der Waals surface area contributed by atoms with Crippen molar-refractivity contribution in [3.63, 3.8) is 0 Å². The molecular weight excluding hydrogens is 228 g/mol. The monoisotopic (exact) mass is 256 g/mol. The van der Waals surface area contributed by atoms with E-state index in [4.69, 9.17) is 0 Å². The smallest absolute Gasteiger partial charge is 0.00966 e. The lowest BCUT2D eigenvalue weighted by Gasteiger charge is -2.38. The average molecular weight is 256 g/mol. The standard InChI is InChI=1S/C14H28N2S/c1-11-10-13(8-9-16(11)2)15-12-4-6-14(17-3)7-5-12/h11-15H,4-10H2,1-3H3. The van der Waals surface area contributed by atoms with Crippen LogP contribution in [0.1, 0.15) is 45.4 Å². The van der Waals surface area contributed by atoms with Gasteiger partial charge in [0, 0.05) is 23.4 Å². The minimum absolute atomic E-state index is 0.754. The lowest BCUT2D eigenvalue weighted by Crippen LogP contribution is -2.49. The second-order valence-electron chi connectivity index (χ2n) is 5.93. The highest BCUT2D eigenvalue weighted by Crippen LogP contribution is 2.28. The maximum absolute atomic E-state index is 3.92. The lowest BCUT2D eigenvalue weighted by atomic mass is 9.92. The van der Waals surface area contributed by atoms with Gasteiger partial charge in [-0.05, 0) is 65.3 Å². The van der Waals surface area contributed by atoms with Gasteiger partial charge in [-0.15, -0.1) is 0 Å². The van der Waals surface area contributed by atoms with E-state index in [0.29, 0.717) is 0 Å². The fraction of sp³-hybridized carbons (Fsp3) is 1.00. The van der Waals surface area contributed by atoms with E-state index in [2.05, 4.69) is 42.2 Å². The number of hydrogen-bond donors (Lipinski definition) is 1. The molecule has 2 unspecified atom stereocenters. The number of thioether (sulfide) groups is 1. The molecule has 2 atom stereocenters. The van der Waals surface area contributed by atoms with E-state index in [-0.39, 0.29) is 0 Å². The predicted molar refractivity (Wildman–Crippen MR) is 77.8 cm³/mol. The summed E-state index contributed by atoms with van der Waals surface area (Å²) in [6, 6.07) is 2.33. The number of nitrogens with one attached hydrogen (secondary N) is 1. The zero-order valence-electron chi connectivity index (χ0n) is 11.6. The molecule has 1 heterocycles. The molecule has 100 valence electrons. The van der Waals surface area contributed by atoms with E-state index in [1.165, 1.54) is 45.1 Å². The number of rotatable bonds is 3. The van der Waals surface area contributed by atoms with Crippen LogP contribution in [0.2, 0.25) is 0 Å². The minimum Gasteiger partial charge on any atom is -0.311 e. The minimum atomic E-state index is 0.754. The molecule has 2 rings (SSSR count). The van der Waals surface area contributed by atoms with Crippen molar-refractivity contribution in [2.45, 2.75) is 68.8 Å². The Bertz CT molecular complexity index is 226. The molecule has 0 aromatic carbocycles. The molecule has 3 heteroatoms. The van der Waals surface area contributed by atoms with Gasteiger partial charge in [-0.2, -0.15) is 11.8 Å². The van der Waals surface area contributed by atoms with E-state index in [1.54, 1.807) is 0 Å². The van der Waals surface area contributed by atoms with Gasteiger partial charge in [-0.1, -0.05) is 0 Å². The molecule has 2 fully saturated rings. The second kappa shape index (κ2) is 6.44. The first-order valence-electron chi connectivity index (χ1n) is 7.18. The molecule has 1 saturated heterocycles. The Hall–Kier alpha value is 0.270. The van der Waals surface area contributed by atoms with E-state index in [0.717, 1.165) is 23.4 Å². The van der Waals surface area contributed by atoms with Crippen LogP contribution in [-0.2, 0) is 0 Å². The van der Waals surface area contributed by atoms with Crippen molar-refractivity contribution in [3.05, 3.63) is 0 Å². The first-order chi connectivity index (χ1) is 8.19. The summed E-state index contributed by atoms with van der Waals surface area (Å²) in [5.74, 6) is 0. The molecule has 0 bridgehead atoms. The van der Waals surface area contributed by atoms with E-state index in [1.807, 2.05) is 0 Å².